The van der Waals surface area contributed by atoms with Gasteiger partial charge in [-0.2, -0.15) is 5.10 Å². The molecule has 4 heteroatoms. The third-order valence-corrected chi connectivity index (χ3v) is 3.39. The lowest BCUT2D eigenvalue weighted by molar-refractivity contribution is 0.611. The molecule has 0 aliphatic rings. The van der Waals surface area contributed by atoms with Crippen LogP contribution in [0, 0.1) is 5.82 Å². The summed E-state index contributed by atoms with van der Waals surface area (Å²) in [7, 11) is 0. The van der Waals surface area contributed by atoms with Crippen LogP contribution in [-0.4, -0.2) is 9.78 Å². The molecule has 0 amide bonds. The Kier molecular flexibility index (Phi) is 2.49. The van der Waals surface area contributed by atoms with Crippen molar-refractivity contribution < 1.29 is 4.39 Å². The molecule has 2 nitrogen and oxygen atoms in total. The number of hydrogen-bond acceptors (Lipinski definition) is 2. The van der Waals surface area contributed by atoms with Crippen LogP contribution in [0.3, 0.4) is 0 Å². The van der Waals surface area contributed by atoms with E-state index in [0.717, 1.165) is 10.6 Å². The molecule has 2 aromatic heterocycles. The third-order valence-electron chi connectivity index (χ3n) is 2.50. The summed E-state index contributed by atoms with van der Waals surface area (Å²) in [5.41, 5.74) is 1.38. The first-order valence-corrected chi connectivity index (χ1v) is 6.07. The average Bonchev–Trinajstić information content (AvgIpc) is 3.00. The van der Waals surface area contributed by atoms with Crippen LogP contribution in [0.15, 0.2) is 54.0 Å². The molecule has 0 aliphatic heterocycles. The topological polar surface area (TPSA) is 17.8 Å². The molecule has 0 saturated heterocycles. The zero-order chi connectivity index (χ0) is 11.7. The van der Waals surface area contributed by atoms with Gasteiger partial charge in [-0.1, -0.05) is 18.2 Å². The molecular formula is C13H9FN2S. The van der Waals surface area contributed by atoms with Gasteiger partial charge >= 0.3 is 0 Å². The van der Waals surface area contributed by atoms with E-state index in [4.69, 9.17) is 0 Å². The summed E-state index contributed by atoms with van der Waals surface area (Å²) >= 11 is 1.61. The highest BCUT2D eigenvalue weighted by atomic mass is 32.1. The molecule has 84 valence electrons. The molecule has 2 heterocycles. The molecule has 0 atom stereocenters. The van der Waals surface area contributed by atoms with E-state index in [2.05, 4.69) is 5.10 Å². The maximum Gasteiger partial charge on any atom is 0.148 e. The van der Waals surface area contributed by atoms with E-state index in [9.17, 15) is 4.39 Å². The molecule has 0 radical (unpaired) electrons. The van der Waals surface area contributed by atoms with Crippen LogP contribution in [0.1, 0.15) is 0 Å². The van der Waals surface area contributed by atoms with E-state index in [1.807, 2.05) is 23.6 Å². The van der Waals surface area contributed by atoms with Crippen molar-refractivity contribution >= 4 is 11.3 Å². The summed E-state index contributed by atoms with van der Waals surface area (Å²) in [5, 5.41) is 6.18. The number of thiophene rings is 1. The van der Waals surface area contributed by atoms with E-state index in [0.29, 0.717) is 5.69 Å². The van der Waals surface area contributed by atoms with Gasteiger partial charge in [0, 0.05) is 0 Å². The van der Waals surface area contributed by atoms with Crippen molar-refractivity contribution in [2.45, 2.75) is 0 Å². The predicted molar refractivity (Wildman–Crippen MR) is 66.8 cm³/mol. The van der Waals surface area contributed by atoms with Gasteiger partial charge < -0.3 is 0 Å². The number of halogens is 1. The molecule has 1 aromatic carbocycles. The lowest BCUT2D eigenvalue weighted by Crippen LogP contribution is -2.00. The molecule has 0 aliphatic carbocycles. The standard InChI is InChI=1S/C13H9FN2S/c14-10-4-1-2-5-11(10)16-12(7-8-15-16)13-6-3-9-17-13/h1-9H. The first kappa shape index (κ1) is 10.2. The Balaban J connectivity index is 2.17. The normalized spacial score (nSPS) is 10.6. The first-order chi connectivity index (χ1) is 8.36. The minimum absolute atomic E-state index is 0.269. The summed E-state index contributed by atoms with van der Waals surface area (Å²) in [5.74, 6) is -0.269. The average molecular weight is 244 g/mol. The molecule has 3 rings (SSSR count). The van der Waals surface area contributed by atoms with Crippen molar-refractivity contribution in [3.63, 3.8) is 0 Å². The summed E-state index contributed by atoms with van der Waals surface area (Å²) in [6, 6.07) is 12.5. The number of benzene rings is 1. The lowest BCUT2D eigenvalue weighted by Gasteiger charge is -2.06. The minimum atomic E-state index is -0.269. The van der Waals surface area contributed by atoms with Crippen LogP contribution >= 0.6 is 11.3 Å². The predicted octanol–water partition coefficient (Wildman–Crippen LogP) is 3.74. The Bertz CT molecular complexity index is 628. The van der Waals surface area contributed by atoms with Crippen molar-refractivity contribution in [1.82, 2.24) is 9.78 Å². The largest absolute Gasteiger partial charge is 0.229 e. The SMILES string of the molecule is Fc1ccccc1-n1nccc1-c1cccs1. The monoisotopic (exact) mass is 244 g/mol. The van der Waals surface area contributed by atoms with E-state index in [1.165, 1.54) is 6.07 Å². The van der Waals surface area contributed by atoms with Gasteiger partial charge in [0.15, 0.2) is 0 Å². The number of para-hydroxylation sites is 1. The van der Waals surface area contributed by atoms with Crippen LogP contribution in [0.4, 0.5) is 4.39 Å². The van der Waals surface area contributed by atoms with Crippen molar-refractivity contribution in [3.8, 4) is 16.3 Å². The molecule has 0 spiro atoms. The molecular weight excluding hydrogens is 235 g/mol. The van der Waals surface area contributed by atoms with E-state index in [1.54, 1.807) is 40.4 Å². The van der Waals surface area contributed by atoms with Crippen LogP contribution in [0.5, 0.6) is 0 Å². The summed E-state index contributed by atoms with van der Waals surface area (Å²) in [4.78, 5) is 1.07. The van der Waals surface area contributed by atoms with Gasteiger partial charge in [0.2, 0.25) is 0 Å². The van der Waals surface area contributed by atoms with Crippen LogP contribution in [0.25, 0.3) is 16.3 Å². The first-order valence-electron chi connectivity index (χ1n) is 5.19. The molecule has 0 N–H and O–H groups in total. The van der Waals surface area contributed by atoms with Gasteiger partial charge in [0.25, 0.3) is 0 Å². The van der Waals surface area contributed by atoms with Gasteiger partial charge in [0.05, 0.1) is 16.8 Å². The van der Waals surface area contributed by atoms with Crippen LogP contribution < -0.4 is 0 Å². The number of nitrogens with zero attached hydrogens (tertiary/aromatic N) is 2. The van der Waals surface area contributed by atoms with Crippen molar-refractivity contribution in [2.24, 2.45) is 0 Å². The van der Waals surface area contributed by atoms with Crippen molar-refractivity contribution in [1.29, 1.82) is 0 Å². The van der Waals surface area contributed by atoms with Crippen LogP contribution in [0.2, 0.25) is 0 Å². The fraction of sp³-hybridized carbons (Fsp3) is 0. The minimum Gasteiger partial charge on any atom is -0.229 e. The molecule has 0 saturated carbocycles. The Labute approximate surface area is 102 Å². The smallest absolute Gasteiger partial charge is 0.148 e. The Hall–Kier alpha value is -1.94. The second-order valence-corrected chi connectivity index (χ2v) is 4.50. The van der Waals surface area contributed by atoms with Gasteiger partial charge in [0.1, 0.15) is 11.5 Å². The van der Waals surface area contributed by atoms with Gasteiger partial charge in [-0.25, -0.2) is 9.07 Å². The highest BCUT2D eigenvalue weighted by Gasteiger charge is 2.10. The Morgan fingerprint density at radius 2 is 1.94 bits per heavy atom. The fourth-order valence-electron chi connectivity index (χ4n) is 1.73. The number of hydrogen-bond donors (Lipinski definition) is 0. The summed E-state index contributed by atoms with van der Waals surface area (Å²) < 4.78 is 15.3. The number of rotatable bonds is 2. The van der Waals surface area contributed by atoms with Gasteiger partial charge in [-0.05, 0) is 29.6 Å². The van der Waals surface area contributed by atoms with Gasteiger partial charge in [-0.15, -0.1) is 11.3 Å². The Morgan fingerprint density at radius 3 is 2.71 bits per heavy atom. The summed E-state index contributed by atoms with van der Waals surface area (Å²) in [6.45, 7) is 0. The van der Waals surface area contributed by atoms with Crippen LogP contribution in [-0.2, 0) is 0 Å². The highest BCUT2D eigenvalue weighted by molar-refractivity contribution is 7.13. The Morgan fingerprint density at radius 1 is 1.06 bits per heavy atom. The van der Waals surface area contributed by atoms with Crippen molar-refractivity contribution in [3.05, 3.63) is 59.9 Å². The zero-order valence-electron chi connectivity index (χ0n) is 8.88. The quantitative estimate of drug-likeness (QED) is 0.671. The van der Waals surface area contributed by atoms with Crippen molar-refractivity contribution in [2.75, 3.05) is 0 Å². The molecule has 0 fully saturated rings. The number of aromatic nitrogens is 2. The third kappa shape index (κ3) is 1.76. The van der Waals surface area contributed by atoms with Gasteiger partial charge in [-0.3, -0.25) is 0 Å². The molecule has 3 aromatic rings. The zero-order valence-corrected chi connectivity index (χ0v) is 9.69. The van der Waals surface area contributed by atoms with E-state index in [-0.39, 0.29) is 5.82 Å². The molecule has 17 heavy (non-hydrogen) atoms. The fourth-order valence-corrected chi connectivity index (χ4v) is 2.47. The maximum absolute atomic E-state index is 13.7. The second-order valence-electron chi connectivity index (χ2n) is 3.56. The molecule has 0 bridgehead atoms. The maximum atomic E-state index is 13.7. The highest BCUT2D eigenvalue weighted by Crippen LogP contribution is 2.27. The van der Waals surface area contributed by atoms with E-state index >= 15 is 0 Å². The van der Waals surface area contributed by atoms with E-state index < -0.39 is 0 Å². The second kappa shape index (κ2) is 4.14. The summed E-state index contributed by atoms with van der Waals surface area (Å²) in [6.07, 6.45) is 1.68. The lowest BCUT2D eigenvalue weighted by atomic mass is 10.3. The molecule has 0 unspecified atom stereocenters.